The minimum absolute atomic E-state index is 0.207. The summed E-state index contributed by atoms with van der Waals surface area (Å²) in [5.74, 6) is 1.25. The highest BCUT2D eigenvalue weighted by molar-refractivity contribution is 7.11. The molecule has 0 radical (unpaired) electrons. The van der Waals surface area contributed by atoms with E-state index in [1.54, 1.807) is 0 Å². The van der Waals surface area contributed by atoms with Gasteiger partial charge in [0.25, 0.3) is 0 Å². The van der Waals surface area contributed by atoms with E-state index in [0.29, 0.717) is 19.6 Å². The number of hydrogen-bond acceptors (Lipinski definition) is 4. The van der Waals surface area contributed by atoms with E-state index in [9.17, 15) is 4.39 Å². The van der Waals surface area contributed by atoms with Gasteiger partial charge in [-0.1, -0.05) is 0 Å². The van der Waals surface area contributed by atoms with E-state index < -0.39 is 0 Å². The van der Waals surface area contributed by atoms with Crippen molar-refractivity contribution >= 4 is 17.3 Å². The minimum atomic E-state index is -0.267. The van der Waals surface area contributed by atoms with Gasteiger partial charge >= 0.3 is 0 Å². The molecular weight excluding hydrogens is 377 g/mol. The van der Waals surface area contributed by atoms with Gasteiger partial charge < -0.3 is 20.1 Å². The van der Waals surface area contributed by atoms with Crippen LogP contribution in [0, 0.1) is 12.7 Å². The average molecular weight is 406 g/mol. The van der Waals surface area contributed by atoms with Crippen LogP contribution in [0.15, 0.2) is 29.3 Å². The fourth-order valence-corrected chi connectivity index (χ4v) is 4.25. The van der Waals surface area contributed by atoms with Crippen LogP contribution in [0.4, 0.5) is 4.39 Å². The van der Waals surface area contributed by atoms with Crippen molar-refractivity contribution in [3.05, 3.63) is 51.0 Å². The summed E-state index contributed by atoms with van der Waals surface area (Å²) in [6, 6.07) is 7.60. The lowest BCUT2D eigenvalue weighted by Crippen LogP contribution is -2.43. The lowest BCUT2D eigenvalue weighted by Gasteiger charge is -2.21. The fourth-order valence-electron chi connectivity index (χ4n) is 3.23. The molecule has 1 aliphatic rings. The maximum atomic E-state index is 13.9. The number of benzene rings is 1. The van der Waals surface area contributed by atoms with Gasteiger partial charge in [-0.3, -0.25) is 4.99 Å². The van der Waals surface area contributed by atoms with E-state index in [2.05, 4.69) is 41.6 Å². The van der Waals surface area contributed by atoms with Crippen LogP contribution in [0.25, 0.3) is 0 Å². The summed E-state index contributed by atoms with van der Waals surface area (Å²) in [6.07, 6.45) is 1.56. The first-order valence-corrected chi connectivity index (χ1v) is 10.5. The van der Waals surface area contributed by atoms with E-state index in [0.717, 1.165) is 35.8 Å². The lowest BCUT2D eigenvalue weighted by molar-refractivity contribution is -0.0172. The number of rotatable bonds is 7. The molecule has 1 aromatic carbocycles. The second kappa shape index (κ2) is 9.89. The second-order valence-corrected chi connectivity index (χ2v) is 8.31. The van der Waals surface area contributed by atoms with E-state index in [1.165, 1.54) is 21.9 Å². The van der Waals surface area contributed by atoms with Gasteiger partial charge in [0.1, 0.15) is 11.6 Å². The number of ether oxygens (including phenoxy) is 2. The molecule has 0 saturated heterocycles. The molecule has 2 heterocycles. The monoisotopic (exact) mass is 405 g/mol. The molecule has 0 spiro atoms. The highest BCUT2D eigenvalue weighted by atomic mass is 32.1. The molecule has 1 unspecified atom stereocenters. The van der Waals surface area contributed by atoms with Crippen molar-refractivity contribution in [3.8, 4) is 5.75 Å². The van der Waals surface area contributed by atoms with Gasteiger partial charge in [-0.05, 0) is 57.0 Å². The lowest BCUT2D eigenvalue weighted by atomic mass is 10.1. The normalized spacial score (nSPS) is 14.9. The molecule has 28 heavy (non-hydrogen) atoms. The maximum Gasteiger partial charge on any atom is 0.191 e. The van der Waals surface area contributed by atoms with E-state index in [4.69, 9.17) is 9.47 Å². The molecule has 7 heteroatoms. The Morgan fingerprint density at radius 2 is 2.21 bits per heavy atom. The molecule has 1 aliphatic heterocycles. The SMILES string of the molecule is CCNC(=NCCc1cc(F)cc2c1OCOC2)NC(C)Cc1ccc(C)s1. The molecule has 0 amide bonds. The van der Waals surface area contributed by atoms with Crippen molar-refractivity contribution in [2.45, 2.75) is 46.3 Å². The standard InChI is InChI=1S/C21H28FN3O2S/c1-4-23-21(25-14(2)9-19-6-5-15(3)28-19)24-8-7-16-10-18(22)11-17-12-26-13-27-20(16)17/h5-6,10-11,14H,4,7-9,12-13H2,1-3H3,(H2,23,24,25). The van der Waals surface area contributed by atoms with Crippen LogP contribution in [-0.2, 0) is 24.2 Å². The van der Waals surface area contributed by atoms with Crippen molar-refractivity contribution in [3.63, 3.8) is 0 Å². The summed E-state index contributed by atoms with van der Waals surface area (Å²) in [5.41, 5.74) is 1.59. The second-order valence-electron chi connectivity index (χ2n) is 6.94. The molecular formula is C21H28FN3O2S. The molecule has 0 fully saturated rings. The Kier molecular flexibility index (Phi) is 7.28. The summed E-state index contributed by atoms with van der Waals surface area (Å²) in [4.78, 5) is 7.35. The topological polar surface area (TPSA) is 54.9 Å². The first kappa shape index (κ1) is 20.6. The summed E-state index contributed by atoms with van der Waals surface area (Å²) in [6.45, 7) is 8.23. The Balaban J connectivity index is 1.61. The Hall–Kier alpha value is -2.12. The van der Waals surface area contributed by atoms with Gasteiger partial charge in [-0.25, -0.2) is 4.39 Å². The zero-order chi connectivity index (χ0) is 19.9. The van der Waals surface area contributed by atoms with Crippen LogP contribution in [0.2, 0.25) is 0 Å². The van der Waals surface area contributed by atoms with E-state index >= 15 is 0 Å². The first-order chi connectivity index (χ1) is 13.5. The molecule has 5 nitrogen and oxygen atoms in total. The predicted molar refractivity (Wildman–Crippen MR) is 112 cm³/mol. The Morgan fingerprint density at radius 1 is 1.36 bits per heavy atom. The van der Waals surface area contributed by atoms with Crippen LogP contribution in [0.5, 0.6) is 5.75 Å². The largest absolute Gasteiger partial charge is 0.467 e. The number of aryl methyl sites for hydroxylation is 1. The van der Waals surface area contributed by atoms with Crippen LogP contribution in [0.3, 0.4) is 0 Å². The third-order valence-corrected chi connectivity index (χ3v) is 5.46. The number of nitrogens with one attached hydrogen (secondary N) is 2. The number of guanidine groups is 1. The molecule has 2 aromatic rings. The number of thiophene rings is 1. The van der Waals surface area contributed by atoms with Gasteiger partial charge in [-0.15, -0.1) is 11.3 Å². The summed E-state index contributed by atoms with van der Waals surface area (Å²) >= 11 is 1.83. The van der Waals surface area contributed by atoms with Crippen LogP contribution in [0.1, 0.15) is 34.7 Å². The van der Waals surface area contributed by atoms with Crippen molar-refractivity contribution in [2.24, 2.45) is 4.99 Å². The Bertz CT molecular complexity index is 822. The smallest absolute Gasteiger partial charge is 0.191 e. The number of halogens is 1. The third kappa shape index (κ3) is 5.69. The van der Waals surface area contributed by atoms with Crippen molar-refractivity contribution < 1.29 is 13.9 Å². The Morgan fingerprint density at radius 3 is 2.96 bits per heavy atom. The summed E-state index contributed by atoms with van der Waals surface area (Å²) in [7, 11) is 0. The van der Waals surface area contributed by atoms with Gasteiger partial charge in [0, 0.05) is 40.9 Å². The molecule has 2 N–H and O–H groups in total. The van der Waals surface area contributed by atoms with Gasteiger partial charge in [0.2, 0.25) is 0 Å². The predicted octanol–water partition coefficient (Wildman–Crippen LogP) is 3.79. The average Bonchev–Trinajstić information content (AvgIpc) is 3.06. The summed E-state index contributed by atoms with van der Waals surface area (Å²) < 4.78 is 24.7. The zero-order valence-corrected chi connectivity index (χ0v) is 17.5. The first-order valence-electron chi connectivity index (χ1n) is 9.67. The van der Waals surface area contributed by atoms with Crippen molar-refractivity contribution in [1.82, 2.24) is 10.6 Å². The molecule has 0 aliphatic carbocycles. The highest BCUT2D eigenvalue weighted by Crippen LogP contribution is 2.29. The van der Waals surface area contributed by atoms with Crippen molar-refractivity contribution in [2.75, 3.05) is 19.9 Å². The molecule has 1 atom stereocenters. The molecule has 3 rings (SSSR count). The Labute approximate surface area is 170 Å². The highest BCUT2D eigenvalue weighted by Gasteiger charge is 2.16. The van der Waals surface area contributed by atoms with E-state index in [-0.39, 0.29) is 18.7 Å². The number of fused-ring (bicyclic) bond motifs is 1. The van der Waals surface area contributed by atoms with E-state index in [1.807, 2.05) is 18.3 Å². The number of hydrogen-bond donors (Lipinski definition) is 2. The van der Waals surface area contributed by atoms with Gasteiger partial charge in [-0.2, -0.15) is 0 Å². The van der Waals surface area contributed by atoms with Crippen LogP contribution in [-0.4, -0.2) is 31.9 Å². The molecule has 1 aromatic heterocycles. The van der Waals surface area contributed by atoms with Crippen LogP contribution < -0.4 is 15.4 Å². The summed E-state index contributed by atoms with van der Waals surface area (Å²) in [5, 5.41) is 6.74. The number of aliphatic imine (C=N–C) groups is 1. The molecule has 0 saturated carbocycles. The van der Waals surface area contributed by atoms with Gasteiger partial charge in [0.05, 0.1) is 6.61 Å². The van der Waals surface area contributed by atoms with Crippen LogP contribution >= 0.6 is 11.3 Å². The molecule has 152 valence electrons. The zero-order valence-electron chi connectivity index (χ0n) is 16.7. The molecule has 0 bridgehead atoms. The number of nitrogens with zero attached hydrogens (tertiary/aromatic N) is 1. The minimum Gasteiger partial charge on any atom is -0.467 e. The van der Waals surface area contributed by atoms with Crippen molar-refractivity contribution in [1.29, 1.82) is 0 Å². The quantitative estimate of drug-likeness (QED) is 0.544. The van der Waals surface area contributed by atoms with Gasteiger partial charge in [0.15, 0.2) is 12.8 Å². The fraction of sp³-hybridized carbons (Fsp3) is 0.476. The maximum absolute atomic E-state index is 13.9. The third-order valence-electron chi connectivity index (χ3n) is 4.43.